The zero-order chi connectivity index (χ0) is 10.4. The van der Waals surface area contributed by atoms with E-state index in [9.17, 15) is 4.79 Å². The largest absolute Gasteiger partial charge is 0.467 e. The summed E-state index contributed by atoms with van der Waals surface area (Å²) in [6.45, 7) is 5.20. The molecule has 2 rings (SSSR count). The molecule has 2 fully saturated rings. The molecule has 0 aromatic heterocycles. The van der Waals surface area contributed by atoms with Crippen LogP contribution in [0.5, 0.6) is 0 Å². The van der Waals surface area contributed by atoms with Gasteiger partial charge in [0.25, 0.3) is 0 Å². The molecule has 2 saturated heterocycles. The van der Waals surface area contributed by atoms with Gasteiger partial charge >= 0.3 is 5.97 Å². The Morgan fingerprint density at radius 3 is 2.71 bits per heavy atom. The third-order valence-electron chi connectivity index (χ3n) is 3.61. The fourth-order valence-corrected chi connectivity index (χ4v) is 2.28. The molecule has 2 aliphatic heterocycles. The summed E-state index contributed by atoms with van der Waals surface area (Å²) in [7, 11) is 1.39. The van der Waals surface area contributed by atoms with Crippen molar-refractivity contribution in [3.63, 3.8) is 0 Å². The molecular formula is C10H16O4. The molecule has 0 amide bonds. The number of esters is 1. The van der Waals surface area contributed by atoms with Crippen molar-refractivity contribution in [1.29, 1.82) is 0 Å². The molecule has 0 aliphatic carbocycles. The highest BCUT2D eigenvalue weighted by Gasteiger charge is 2.72. The summed E-state index contributed by atoms with van der Waals surface area (Å²) in [5.41, 5.74) is -1.16. The topological polar surface area (TPSA) is 48.1 Å². The second-order valence-electron chi connectivity index (χ2n) is 4.29. The van der Waals surface area contributed by atoms with Crippen LogP contribution in [0.4, 0.5) is 0 Å². The first-order valence-corrected chi connectivity index (χ1v) is 4.91. The van der Waals surface area contributed by atoms with Gasteiger partial charge in [-0.2, -0.15) is 0 Å². The second-order valence-corrected chi connectivity index (χ2v) is 4.29. The maximum Gasteiger partial charge on any atom is 0.340 e. The third kappa shape index (κ3) is 1.10. The molecule has 14 heavy (non-hydrogen) atoms. The van der Waals surface area contributed by atoms with Crippen molar-refractivity contribution in [2.45, 2.75) is 31.5 Å². The summed E-state index contributed by atoms with van der Waals surface area (Å²) in [6.07, 6.45) is 0.961. The number of ether oxygens (including phenoxy) is 3. The van der Waals surface area contributed by atoms with E-state index in [-0.39, 0.29) is 5.97 Å². The lowest BCUT2D eigenvalue weighted by Crippen LogP contribution is -2.36. The van der Waals surface area contributed by atoms with Crippen LogP contribution in [0, 0.1) is 5.92 Å². The van der Waals surface area contributed by atoms with Crippen LogP contribution in [0.25, 0.3) is 0 Å². The SMILES string of the molecule is COC(=O)C1(C)OC1(C)C1CCOC1. The minimum absolute atomic E-state index is 0.285. The van der Waals surface area contributed by atoms with Crippen LogP contribution >= 0.6 is 0 Å². The number of epoxide rings is 1. The van der Waals surface area contributed by atoms with Crippen molar-refractivity contribution in [2.24, 2.45) is 5.92 Å². The first-order chi connectivity index (χ1) is 6.54. The van der Waals surface area contributed by atoms with E-state index in [4.69, 9.17) is 14.2 Å². The van der Waals surface area contributed by atoms with Crippen LogP contribution in [-0.2, 0) is 19.0 Å². The number of methoxy groups -OCH3 is 1. The molecule has 4 heteroatoms. The van der Waals surface area contributed by atoms with E-state index in [0.717, 1.165) is 13.0 Å². The molecule has 2 heterocycles. The van der Waals surface area contributed by atoms with E-state index in [1.807, 2.05) is 6.92 Å². The van der Waals surface area contributed by atoms with Crippen LogP contribution in [0.3, 0.4) is 0 Å². The van der Waals surface area contributed by atoms with Gasteiger partial charge in [-0.05, 0) is 20.3 Å². The molecule has 0 bridgehead atoms. The highest BCUT2D eigenvalue weighted by Crippen LogP contribution is 2.55. The Balaban J connectivity index is 2.10. The van der Waals surface area contributed by atoms with Crippen LogP contribution in [0.2, 0.25) is 0 Å². The molecule has 0 spiro atoms. The lowest BCUT2D eigenvalue weighted by molar-refractivity contribution is -0.146. The van der Waals surface area contributed by atoms with Crippen molar-refractivity contribution in [2.75, 3.05) is 20.3 Å². The Morgan fingerprint density at radius 2 is 2.21 bits per heavy atom. The zero-order valence-corrected chi connectivity index (χ0v) is 8.83. The van der Waals surface area contributed by atoms with Gasteiger partial charge in [0.2, 0.25) is 0 Å². The number of hydrogen-bond acceptors (Lipinski definition) is 4. The fraction of sp³-hybridized carbons (Fsp3) is 0.900. The van der Waals surface area contributed by atoms with Crippen molar-refractivity contribution < 1.29 is 19.0 Å². The summed E-state index contributed by atoms with van der Waals surface area (Å²) < 4.78 is 15.6. The van der Waals surface area contributed by atoms with Crippen molar-refractivity contribution in [1.82, 2.24) is 0 Å². The van der Waals surface area contributed by atoms with Crippen molar-refractivity contribution >= 4 is 5.97 Å². The average Bonchev–Trinajstić information content (AvgIpc) is 2.62. The van der Waals surface area contributed by atoms with Crippen molar-refractivity contribution in [3.8, 4) is 0 Å². The van der Waals surface area contributed by atoms with E-state index in [1.165, 1.54) is 7.11 Å². The van der Waals surface area contributed by atoms with Gasteiger partial charge in [-0.25, -0.2) is 4.79 Å². The molecule has 2 aliphatic rings. The molecule has 0 radical (unpaired) electrons. The molecular weight excluding hydrogens is 184 g/mol. The Morgan fingerprint density at radius 1 is 1.50 bits per heavy atom. The third-order valence-corrected chi connectivity index (χ3v) is 3.61. The Hall–Kier alpha value is -0.610. The maximum absolute atomic E-state index is 11.5. The second kappa shape index (κ2) is 2.94. The van der Waals surface area contributed by atoms with Gasteiger partial charge < -0.3 is 14.2 Å². The van der Waals surface area contributed by atoms with Gasteiger partial charge in [0.1, 0.15) is 5.60 Å². The lowest BCUT2D eigenvalue weighted by atomic mass is 9.83. The first kappa shape index (κ1) is 9.93. The maximum atomic E-state index is 11.5. The smallest absolute Gasteiger partial charge is 0.340 e. The van der Waals surface area contributed by atoms with Crippen LogP contribution in [0.15, 0.2) is 0 Å². The number of hydrogen-bond donors (Lipinski definition) is 0. The highest BCUT2D eigenvalue weighted by molar-refractivity contribution is 5.84. The van der Waals surface area contributed by atoms with Crippen LogP contribution in [-0.4, -0.2) is 37.5 Å². The summed E-state index contributed by atoms with van der Waals surface area (Å²) >= 11 is 0. The van der Waals surface area contributed by atoms with E-state index in [2.05, 4.69) is 0 Å². The Labute approximate surface area is 83.5 Å². The minimum atomic E-state index is -0.764. The molecule has 80 valence electrons. The lowest BCUT2D eigenvalue weighted by Gasteiger charge is -2.16. The van der Waals surface area contributed by atoms with Crippen LogP contribution < -0.4 is 0 Å². The van der Waals surface area contributed by atoms with E-state index in [0.29, 0.717) is 12.5 Å². The van der Waals surface area contributed by atoms with Gasteiger partial charge in [0.05, 0.1) is 13.7 Å². The molecule has 4 nitrogen and oxygen atoms in total. The zero-order valence-electron chi connectivity index (χ0n) is 8.83. The number of carbonyl (C=O) groups excluding carboxylic acids is 1. The summed E-state index contributed by atoms with van der Waals surface area (Å²) in [6, 6.07) is 0. The number of rotatable bonds is 2. The van der Waals surface area contributed by atoms with Gasteiger partial charge in [0, 0.05) is 12.5 Å². The van der Waals surface area contributed by atoms with Crippen molar-refractivity contribution in [3.05, 3.63) is 0 Å². The molecule has 0 aromatic rings. The van der Waals surface area contributed by atoms with E-state index in [1.54, 1.807) is 6.92 Å². The van der Waals surface area contributed by atoms with E-state index < -0.39 is 11.2 Å². The normalized spacial score (nSPS) is 46.4. The van der Waals surface area contributed by atoms with Gasteiger partial charge in [0.15, 0.2) is 5.60 Å². The van der Waals surface area contributed by atoms with Gasteiger partial charge in [-0.1, -0.05) is 0 Å². The predicted molar refractivity (Wildman–Crippen MR) is 48.8 cm³/mol. The summed E-state index contributed by atoms with van der Waals surface area (Å²) in [5, 5.41) is 0. The predicted octanol–water partition coefficient (Wildman–Crippen LogP) is 0.743. The highest BCUT2D eigenvalue weighted by atomic mass is 16.7. The Bertz CT molecular complexity index is 259. The summed E-state index contributed by atoms with van der Waals surface area (Å²) in [5.74, 6) is 0.0264. The fourth-order valence-electron chi connectivity index (χ4n) is 2.28. The monoisotopic (exact) mass is 200 g/mol. The van der Waals surface area contributed by atoms with Gasteiger partial charge in [-0.15, -0.1) is 0 Å². The summed E-state index contributed by atoms with van der Waals surface area (Å²) in [4.78, 5) is 11.5. The molecule has 0 N–H and O–H groups in total. The molecule has 0 aromatic carbocycles. The molecule has 3 unspecified atom stereocenters. The van der Waals surface area contributed by atoms with E-state index >= 15 is 0 Å². The van der Waals surface area contributed by atoms with Gasteiger partial charge in [-0.3, -0.25) is 0 Å². The molecule has 3 atom stereocenters. The molecule has 0 saturated carbocycles. The number of carbonyl (C=O) groups is 1. The first-order valence-electron chi connectivity index (χ1n) is 4.91. The Kier molecular flexibility index (Phi) is 2.08. The van der Waals surface area contributed by atoms with Crippen LogP contribution in [0.1, 0.15) is 20.3 Å². The minimum Gasteiger partial charge on any atom is -0.467 e. The standard InChI is InChI=1S/C10H16O4/c1-9(7-4-5-13-6-7)10(2,14-9)8(11)12-3/h7H,4-6H2,1-3H3. The quantitative estimate of drug-likeness (QED) is 0.487. The average molecular weight is 200 g/mol.